The van der Waals surface area contributed by atoms with Gasteiger partial charge in [-0.3, -0.25) is 4.90 Å². The van der Waals surface area contributed by atoms with E-state index in [-0.39, 0.29) is 11.9 Å². The zero-order valence-electron chi connectivity index (χ0n) is 12.6. The van der Waals surface area contributed by atoms with Gasteiger partial charge in [0, 0.05) is 38.3 Å². The van der Waals surface area contributed by atoms with Crippen LogP contribution in [0.4, 0.5) is 10.1 Å². The van der Waals surface area contributed by atoms with Gasteiger partial charge >= 0.3 is 0 Å². The van der Waals surface area contributed by atoms with E-state index >= 15 is 0 Å². The third-order valence-electron chi connectivity index (χ3n) is 4.56. The predicted octanol–water partition coefficient (Wildman–Crippen LogP) is 1.76. The molecular formula is C16H24FN3O. The largest absolute Gasteiger partial charge is 0.379 e. The van der Waals surface area contributed by atoms with Crippen LogP contribution in [0.25, 0.3) is 0 Å². The molecule has 2 aliphatic rings. The van der Waals surface area contributed by atoms with Gasteiger partial charge in [-0.1, -0.05) is 6.07 Å². The van der Waals surface area contributed by atoms with Crippen molar-refractivity contribution >= 4 is 5.69 Å². The molecule has 1 aromatic rings. The van der Waals surface area contributed by atoms with Crippen molar-refractivity contribution in [3.63, 3.8) is 0 Å². The van der Waals surface area contributed by atoms with Gasteiger partial charge in [0.1, 0.15) is 5.82 Å². The molecular weight excluding hydrogens is 269 g/mol. The minimum Gasteiger partial charge on any atom is -0.379 e. The van der Waals surface area contributed by atoms with Crippen LogP contribution in [0.5, 0.6) is 0 Å². The minimum atomic E-state index is -0.160. The fourth-order valence-electron chi connectivity index (χ4n) is 3.26. The van der Waals surface area contributed by atoms with Crippen molar-refractivity contribution in [2.24, 2.45) is 5.73 Å². The summed E-state index contributed by atoms with van der Waals surface area (Å²) in [7, 11) is 0. The Morgan fingerprint density at radius 3 is 2.71 bits per heavy atom. The number of nitrogens with two attached hydrogens (primary N) is 1. The summed E-state index contributed by atoms with van der Waals surface area (Å²) in [5, 5.41) is 0. The summed E-state index contributed by atoms with van der Waals surface area (Å²) in [6, 6.07) is 5.76. The zero-order valence-corrected chi connectivity index (χ0v) is 12.6. The molecule has 2 atom stereocenters. The number of ether oxygens (including phenoxy) is 1. The molecule has 1 aromatic carbocycles. The van der Waals surface area contributed by atoms with Crippen molar-refractivity contribution in [3.05, 3.63) is 29.6 Å². The summed E-state index contributed by atoms with van der Waals surface area (Å²) in [5.41, 5.74) is 7.36. The van der Waals surface area contributed by atoms with E-state index < -0.39 is 0 Å². The van der Waals surface area contributed by atoms with Gasteiger partial charge in [-0.2, -0.15) is 0 Å². The molecule has 0 radical (unpaired) electrons. The lowest BCUT2D eigenvalue weighted by Gasteiger charge is -2.32. The number of hydrogen-bond acceptors (Lipinski definition) is 4. The molecule has 0 saturated carbocycles. The number of anilines is 1. The quantitative estimate of drug-likeness (QED) is 0.922. The summed E-state index contributed by atoms with van der Waals surface area (Å²) in [6.45, 7) is 7.29. The highest BCUT2D eigenvalue weighted by Gasteiger charge is 2.29. The average molecular weight is 293 g/mol. The van der Waals surface area contributed by atoms with E-state index in [1.54, 1.807) is 6.07 Å². The van der Waals surface area contributed by atoms with E-state index in [9.17, 15) is 4.39 Å². The summed E-state index contributed by atoms with van der Waals surface area (Å²) < 4.78 is 19.7. The molecule has 0 aliphatic carbocycles. The second kappa shape index (κ2) is 6.30. The van der Waals surface area contributed by atoms with Gasteiger partial charge in [0.15, 0.2) is 0 Å². The predicted molar refractivity (Wildman–Crippen MR) is 82.0 cm³/mol. The Morgan fingerprint density at radius 1 is 1.29 bits per heavy atom. The van der Waals surface area contributed by atoms with Crippen LogP contribution in [0.15, 0.2) is 18.2 Å². The van der Waals surface area contributed by atoms with Gasteiger partial charge in [-0.05, 0) is 31.0 Å². The van der Waals surface area contributed by atoms with Crippen LogP contribution >= 0.6 is 0 Å². The Kier molecular flexibility index (Phi) is 4.42. The minimum absolute atomic E-state index is 0.131. The van der Waals surface area contributed by atoms with Crippen molar-refractivity contribution in [2.75, 3.05) is 44.3 Å². The maximum absolute atomic E-state index is 14.3. The first-order chi connectivity index (χ1) is 10.1. The third kappa shape index (κ3) is 3.20. The second-order valence-electron chi connectivity index (χ2n) is 6.04. The molecule has 3 rings (SSSR count). The van der Waals surface area contributed by atoms with Crippen LogP contribution in [0.2, 0.25) is 0 Å². The Labute approximate surface area is 125 Å². The molecule has 2 fully saturated rings. The number of morpholine rings is 1. The van der Waals surface area contributed by atoms with E-state index in [2.05, 4.69) is 9.80 Å². The number of rotatable bonds is 3. The van der Waals surface area contributed by atoms with Crippen LogP contribution < -0.4 is 10.6 Å². The van der Waals surface area contributed by atoms with Gasteiger partial charge in [-0.15, -0.1) is 0 Å². The first-order valence-corrected chi connectivity index (χ1v) is 7.77. The summed E-state index contributed by atoms with van der Waals surface area (Å²) in [6.07, 6.45) is 1.09. The van der Waals surface area contributed by atoms with Crippen molar-refractivity contribution in [3.8, 4) is 0 Å². The molecule has 116 valence electrons. The molecule has 2 aliphatic heterocycles. The SMILES string of the molecule is CC(N)c1ccc(N2CCC(N3CCOCC3)C2)c(F)c1. The molecule has 2 unspecified atom stereocenters. The topological polar surface area (TPSA) is 41.7 Å². The van der Waals surface area contributed by atoms with Gasteiger partial charge in [0.2, 0.25) is 0 Å². The van der Waals surface area contributed by atoms with Crippen molar-refractivity contribution in [1.82, 2.24) is 4.90 Å². The molecule has 0 amide bonds. The van der Waals surface area contributed by atoms with E-state index in [1.165, 1.54) is 0 Å². The summed E-state index contributed by atoms with van der Waals surface area (Å²) >= 11 is 0. The van der Waals surface area contributed by atoms with Gasteiger partial charge < -0.3 is 15.4 Å². The third-order valence-corrected chi connectivity index (χ3v) is 4.56. The Bertz CT molecular complexity index is 488. The lowest BCUT2D eigenvalue weighted by molar-refractivity contribution is 0.0209. The molecule has 0 spiro atoms. The fourth-order valence-corrected chi connectivity index (χ4v) is 3.26. The van der Waals surface area contributed by atoms with Crippen LogP contribution in [0.1, 0.15) is 24.9 Å². The van der Waals surface area contributed by atoms with Crippen LogP contribution in [0.3, 0.4) is 0 Å². The Morgan fingerprint density at radius 2 is 2.05 bits per heavy atom. The van der Waals surface area contributed by atoms with E-state index in [0.717, 1.165) is 51.4 Å². The van der Waals surface area contributed by atoms with Crippen molar-refractivity contribution in [2.45, 2.75) is 25.4 Å². The molecule has 4 nitrogen and oxygen atoms in total. The fraction of sp³-hybridized carbons (Fsp3) is 0.625. The molecule has 21 heavy (non-hydrogen) atoms. The van der Waals surface area contributed by atoms with E-state index in [1.807, 2.05) is 19.1 Å². The van der Waals surface area contributed by atoms with Crippen LogP contribution in [-0.4, -0.2) is 50.3 Å². The standard InChI is InChI=1S/C16H24FN3O/c1-12(18)13-2-3-16(15(17)10-13)20-5-4-14(11-20)19-6-8-21-9-7-19/h2-3,10,12,14H,4-9,11,18H2,1H3. The highest BCUT2D eigenvalue weighted by Crippen LogP contribution is 2.27. The summed E-state index contributed by atoms with van der Waals surface area (Å²) in [4.78, 5) is 4.62. The molecule has 2 saturated heterocycles. The van der Waals surface area contributed by atoms with Gasteiger partial charge in [0.25, 0.3) is 0 Å². The Hall–Kier alpha value is -1.17. The molecule has 0 aromatic heterocycles. The van der Waals surface area contributed by atoms with Gasteiger partial charge in [0.05, 0.1) is 18.9 Å². The first kappa shape index (κ1) is 14.8. The lowest BCUT2D eigenvalue weighted by Crippen LogP contribution is -2.44. The highest BCUT2D eigenvalue weighted by molar-refractivity contribution is 5.50. The van der Waals surface area contributed by atoms with E-state index in [0.29, 0.717) is 11.7 Å². The second-order valence-corrected chi connectivity index (χ2v) is 6.04. The number of benzene rings is 1. The zero-order chi connectivity index (χ0) is 14.8. The normalized spacial score (nSPS) is 25.3. The van der Waals surface area contributed by atoms with Crippen LogP contribution in [0, 0.1) is 5.82 Å². The average Bonchev–Trinajstić information content (AvgIpc) is 2.97. The maximum atomic E-state index is 14.3. The van der Waals surface area contributed by atoms with Crippen molar-refractivity contribution in [1.29, 1.82) is 0 Å². The first-order valence-electron chi connectivity index (χ1n) is 7.77. The molecule has 2 N–H and O–H groups in total. The molecule has 5 heteroatoms. The van der Waals surface area contributed by atoms with Gasteiger partial charge in [-0.25, -0.2) is 4.39 Å². The monoisotopic (exact) mass is 293 g/mol. The highest BCUT2D eigenvalue weighted by atomic mass is 19.1. The number of nitrogens with zero attached hydrogens (tertiary/aromatic N) is 2. The van der Waals surface area contributed by atoms with E-state index in [4.69, 9.17) is 10.5 Å². The smallest absolute Gasteiger partial charge is 0.146 e. The maximum Gasteiger partial charge on any atom is 0.146 e. The lowest BCUT2D eigenvalue weighted by atomic mass is 10.1. The number of hydrogen-bond donors (Lipinski definition) is 1. The molecule has 2 heterocycles. The van der Waals surface area contributed by atoms with Crippen molar-refractivity contribution < 1.29 is 9.13 Å². The number of halogens is 1. The Balaban J connectivity index is 1.68. The summed E-state index contributed by atoms with van der Waals surface area (Å²) in [5.74, 6) is -0.160. The van der Waals surface area contributed by atoms with Crippen LogP contribution in [-0.2, 0) is 4.74 Å². The molecule has 0 bridgehead atoms.